The molecule has 1 aromatic rings. The lowest BCUT2D eigenvalue weighted by Crippen LogP contribution is -2.36. The van der Waals surface area contributed by atoms with Gasteiger partial charge in [0.05, 0.1) is 19.6 Å². The predicted molar refractivity (Wildman–Crippen MR) is 89.4 cm³/mol. The number of hydrogen-bond donors (Lipinski definition) is 1. The fraction of sp³-hybridized carbons (Fsp3) is 0.588. The van der Waals surface area contributed by atoms with Gasteiger partial charge in [-0.15, -0.1) is 0 Å². The van der Waals surface area contributed by atoms with Gasteiger partial charge in [-0.05, 0) is 44.8 Å². The van der Waals surface area contributed by atoms with Crippen LogP contribution in [0.1, 0.15) is 12.0 Å². The molecule has 1 aromatic carbocycles. The molecule has 1 heterocycles. The normalized spacial score (nSPS) is 15.1. The number of benzene rings is 1. The monoisotopic (exact) mass is 305 g/mol. The second kappa shape index (κ2) is 8.76. The number of carbonyl (C=O) groups is 1. The number of rotatable bonds is 7. The van der Waals surface area contributed by atoms with Crippen molar-refractivity contribution < 1.29 is 9.53 Å². The molecule has 0 saturated carbocycles. The number of nitrogens with one attached hydrogen (secondary N) is 1. The lowest BCUT2D eigenvalue weighted by molar-refractivity contribution is -0.120. The number of anilines is 1. The number of hydrogen-bond acceptors (Lipinski definition) is 4. The first-order valence-corrected chi connectivity index (χ1v) is 7.98. The molecule has 1 aliphatic heterocycles. The van der Waals surface area contributed by atoms with E-state index in [9.17, 15) is 4.79 Å². The second-order valence-corrected chi connectivity index (χ2v) is 5.95. The van der Waals surface area contributed by atoms with Crippen LogP contribution in [0.25, 0.3) is 0 Å². The highest BCUT2D eigenvalue weighted by atomic mass is 16.5. The second-order valence-electron chi connectivity index (χ2n) is 5.95. The minimum absolute atomic E-state index is 0.0953. The molecule has 0 aliphatic carbocycles. The average Bonchev–Trinajstić information content (AvgIpc) is 2.53. The summed E-state index contributed by atoms with van der Waals surface area (Å²) in [7, 11) is 4.08. The summed E-state index contributed by atoms with van der Waals surface area (Å²) in [6, 6.07) is 8.29. The molecule has 1 aliphatic rings. The highest BCUT2D eigenvalue weighted by Gasteiger charge is 2.11. The number of carbonyl (C=O) groups excluding carboxylic acids is 1. The fourth-order valence-corrected chi connectivity index (χ4v) is 2.52. The zero-order chi connectivity index (χ0) is 15.8. The van der Waals surface area contributed by atoms with Gasteiger partial charge < -0.3 is 19.9 Å². The molecule has 1 N–H and O–H groups in total. The van der Waals surface area contributed by atoms with Crippen LogP contribution in [0.3, 0.4) is 0 Å². The molecular weight excluding hydrogens is 278 g/mol. The van der Waals surface area contributed by atoms with E-state index in [1.807, 2.05) is 26.2 Å². The van der Waals surface area contributed by atoms with Crippen molar-refractivity contribution in [3.63, 3.8) is 0 Å². The average molecular weight is 305 g/mol. The number of morpholine rings is 1. The molecule has 0 spiro atoms. The smallest absolute Gasteiger partial charge is 0.224 e. The zero-order valence-corrected chi connectivity index (χ0v) is 13.7. The van der Waals surface area contributed by atoms with E-state index in [2.05, 4.69) is 27.2 Å². The van der Waals surface area contributed by atoms with Crippen molar-refractivity contribution in [1.29, 1.82) is 0 Å². The van der Waals surface area contributed by atoms with Gasteiger partial charge in [-0.25, -0.2) is 0 Å². The van der Waals surface area contributed by atoms with Crippen LogP contribution < -0.4 is 10.2 Å². The quantitative estimate of drug-likeness (QED) is 0.767. The molecule has 0 aromatic heterocycles. The van der Waals surface area contributed by atoms with E-state index in [4.69, 9.17) is 4.74 Å². The molecule has 0 bridgehead atoms. The maximum atomic E-state index is 11.9. The Morgan fingerprint density at radius 3 is 2.55 bits per heavy atom. The topological polar surface area (TPSA) is 44.8 Å². The first-order chi connectivity index (χ1) is 10.6. The fourth-order valence-electron chi connectivity index (χ4n) is 2.52. The van der Waals surface area contributed by atoms with Crippen LogP contribution in [-0.2, 0) is 16.0 Å². The Hall–Kier alpha value is -1.59. The van der Waals surface area contributed by atoms with Crippen LogP contribution in [0, 0.1) is 0 Å². The van der Waals surface area contributed by atoms with Crippen LogP contribution >= 0.6 is 0 Å². The Bertz CT molecular complexity index is 453. The Balaban J connectivity index is 1.74. The van der Waals surface area contributed by atoms with E-state index in [1.165, 1.54) is 5.69 Å². The highest BCUT2D eigenvalue weighted by molar-refractivity contribution is 5.78. The third-order valence-corrected chi connectivity index (χ3v) is 3.78. The number of ether oxygens (including phenoxy) is 1. The molecule has 0 radical (unpaired) electrons. The van der Waals surface area contributed by atoms with Gasteiger partial charge in [0.25, 0.3) is 0 Å². The van der Waals surface area contributed by atoms with Crippen LogP contribution in [0.5, 0.6) is 0 Å². The van der Waals surface area contributed by atoms with E-state index < -0.39 is 0 Å². The maximum Gasteiger partial charge on any atom is 0.224 e. The molecule has 122 valence electrons. The van der Waals surface area contributed by atoms with Crippen molar-refractivity contribution in [2.45, 2.75) is 12.8 Å². The SMILES string of the molecule is CN(C)CCCNC(=O)Cc1ccc(N2CCOCC2)cc1. The van der Waals surface area contributed by atoms with Crippen molar-refractivity contribution in [3.05, 3.63) is 29.8 Å². The van der Waals surface area contributed by atoms with Gasteiger partial charge in [0.15, 0.2) is 0 Å². The van der Waals surface area contributed by atoms with E-state index >= 15 is 0 Å². The Kier molecular flexibility index (Phi) is 6.68. The molecule has 0 atom stereocenters. The van der Waals surface area contributed by atoms with Crippen LogP contribution in [-0.4, -0.2) is 64.3 Å². The van der Waals surface area contributed by atoms with Crippen LogP contribution in [0.2, 0.25) is 0 Å². The summed E-state index contributed by atoms with van der Waals surface area (Å²) < 4.78 is 5.36. The van der Waals surface area contributed by atoms with E-state index in [1.54, 1.807) is 0 Å². The summed E-state index contributed by atoms with van der Waals surface area (Å²) in [5.41, 5.74) is 2.26. The Morgan fingerprint density at radius 1 is 1.23 bits per heavy atom. The van der Waals surface area contributed by atoms with Gasteiger partial charge in [-0.1, -0.05) is 12.1 Å². The van der Waals surface area contributed by atoms with Gasteiger partial charge in [-0.3, -0.25) is 4.79 Å². The standard InChI is InChI=1S/C17H27N3O2/c1-19(2)9-3-8-18-17(21)14-15-4-6-16(7-5-15)20-10-12-22-13-11-20/h4-7H,3,8-14H2,1-2H3,(H,18,21). The molecule has 22 heavy (non-hydrogen) atoms. The van der Waals surface area contributed by atoms with Gasteiger partial charge in [0, 0.05) is 25.3 Å². The summed E-state index contributed by atoms with van der Waals surface area (Å²) in [6.45, 7) is 5.18. The van der Waals surface area contributed by atoms with Crippen molar-refractivity contribution in [3.8, 4) is 0 Å². The largest absolute Gasteiger partial charge is 0.378 e. The Labute approximate surface area is 133 Å². The van der Waals surface area contributed by atoms with Crippen LogP contribution in [0.15, 0.2) is 24.3 Å². The molecule has 1 amide bonds. The lowest BCUT2D eigenvalue weighted by Gasteiger charge is -2.28. The zero-order valence-electron chi connectivity index (χ0n) is 13.7. The minimum Gasteiger partial charge on any atom is -0.378 e. The van der Waals surface area contributed by atoms with E-state index in [0.717, 1.165) is 51.4 Å². The molecule has 2 rings (SSSR count). The summed E-state index contributed by atoms with van der Waals surface area (Å²) in [5, 5.41) is 2.97. The van der Waals surface area contributed by atoms with Crippen molar-refractivity contribution in [2.24, 2.45) is 0 Å². The predicted octanol–water partition coefficient (Wildman–Crippen LogP) is 1.13. The molecule has 5 nitrogen and oxygen atoms in total. The van der Waals surface area contributed by atoms with Gasteiger partial charge in [0.2, 0.25) is 5.91 Å². The lowest BCUT2D eigenvalue weighted by atomic mass is 10.1. The van der Waals surface area contributed by atoms with E-state index in [0.29, 0.717) is 6.42 Å². The third kappa shape index (κ3) is 5.66. The minimum atomic E-state index is 0.0953. The first kappa shape index (κ1) is 16.8. The van der Waals surface area contributed by atoms with Crippen LogP contribution in [0.4, 0.5) is 5.69 Å². The first-order valence-electron chi connectivity index (χ1n) is 7.98. The summed E-state index contributed by atoms with van der Waals surface area (Å²) >= 11 is 0. The molecule has 0 unspecified atom stereocenters. The summed E-state index contributed by atoms with van der Waals surface area (Å²) in [6.07, 6.45) is 1.43. The maximum absolute atomic E-state index is 11.9. The summed E-state index contributed by atoms with van der Waals surface area (Å²) in [5.74, 6) is 0.0953. The summed E-state index contributed by atoms with van der Waals surface area (Å²) in [4.78, 5) is 16.3. The third-order valence-electron chi connectivity index (χ3n) is 3.78. The molecule has 1 saturated heterocycles. The van der Waals surface area contributed by atoms with Gasteiger partial charge >= 0.3 is 0 Å². The van der Waals surface area contributed by atoms with E-state index in [-0.39, 0.29) is 5.91 Å². The number of amides is 1. The van der Waals surface area contributed by atoms with Gasteiger partial charge in [0.1, 0.15) is 0 Å². The van der Waals surface area contributed by atoms with Crippen molar-refractivity contribution >= 4 is 11.6 Å². The molecule has 5 heteroatoms. The number of nitrogens with zero attached hydrogens (tertiary/aromatic N) is 2. The van der Waals surface area contributed by atoms with Crippen molar-refractivity contribution in [1.82, 2.24) is 10.2 Å². The molecule has 1 fully saturated rings. The molecular formula is C17H27N3O2. The Morgan fingerprint density at radius 2 is 1.91 bits per heavy atom. The van der Waals surface area contributed by atoms with Gasteiger partial charge in [-0.2, -0.15) is 0 Å². The highest BCUT2D eigenvalue weighted by Crippen LogP contribution is 2.16. The van der Waals surface area contributed by atoms with Crippen molar-refractivity contribution in [2.75, 3.05) is 58.4 Å².